The number of benzene rings is 1. The Morgan fingerprint density at radius 3 is 2.54 bits per heavy atom. The first kappa shape index (κ1) is 19.4. The van der Waals surface area contributed by atoms with Crippen LogP contribution in [0.3, 0.4) is 0 Å². The summed E-state index contributed by atoms with van der Waals surface area (Å²) >= 11 is 0. The minimum atomic E-state index is -0.162. The zero-order valence-corrected chi connectivity index (χ0v) is 16.1. The number of hydrogen-bond acceptors (Lipinski definition) is 2. The quantitative estimate of drug-likeness (QED) is 0.610. The van der Waals surface area contributed by atoms with E-state index in [0.717, 1.165) is 27.8 Å². The van der Waals surface area contributed by atoms with E-state index in [4.69, 9.17) is 0 Å². The maximum absolute atomic E-state index is 12.1. The topological polar surface area (TPSA) is 57.8 Å². The van der Waals surface area contributed by atoms with Gasteiger partial charge in [0.05, 0.1) is 0 Å². The molecule has 0 aliphatic heterocycles. The summed E-state index contributed by atoms with van der Waals surface area (Å²) in [6, 6.07) is 11.7. The maximum Gasteiger partial charge on any atom is 0.248 e. The average molecular weight is 349 g/mol. The summed E-state index contributed by atoms with van der Waals surface area (Å²) in [4.78, 5) is 19.6. The predicted molar refractivity (Wildman–Crippen MR) is 110 cm³/mol. The third-order valence-electron chi connectivity index (χ3n) is 3.80. The van der Waals surface area contributed by atoms with Crippen LogP contribution in [0.1, 0.15) is 45.9 Å². The van der Waals surface area contributed by atoms with Gasteiger partial charge in [-0.3, -0.25) is 9.78 Å². The number of fused-ring (bicyclic) bond motifs is 1. The number of nitrogens with one attached hydrogen (secondary N) is 2. The van der Waals surface area contributed by atoms with Gasteiger partial charge in [0.25, 0.3) is 0 Å². The first-order valence-corrected chi connectivity index (χ1v) is 8.94. The van der Waals surface area contributed by atoms with Crippen LogP contribution in [0.4, 0.5) is 5.69 Å². The first-order valence-electron chi connectivity index (χ1n) is 8.94. The van der Waals surface area contributed by atoms with E-state index in [9.17, 15) is 4.79 Å². The Kier molecular flexibility index (Phi) is 6.34. The molecule has 1 amide bonds. The highest BCUT2D eigenvalue weighted by molar-refractivity contribution is 6.02. The molecule has 0 aliphatic carbocycles. The van der Waals surface area contributed by atoms with E-state index in [-0.39, 0.29) is 11.3 Å². The molecule has 136 valence electrons. The van der Waals surface area contributed by atoms with E-state index in [1.54, 1.807) is 12.3 Å². The van der Waals surface area contributed by atoms with Crippen molar-refractivity contribution < 1.29 is 4.79 Å². The zero-order chi connectivity index (χ0) is 19.2. The van der Waals surface area contributed by atoms with Crippen LogP contribution >= 0.6 is 0 Å². The third kappa shape index (κ3) is 5.06. The van der Waals surface area contributed by atoms with Gasteiger partial charge in [0, 0.05) is 46.2 Å². The molecule has 26 heavy (non-hydrogen) atoms. The minimum Gasteiger partial charge on any atom is -0.361 e. The van der Waals surface area contributed by atoms with E-state index >= 15 is 0 Å². The third-order valence-corrected chi connectivity index (χ3v) is 3.80. The van der Waals surface area contributed by atoms with Crippen molar-refractivity contribution in [2.24, 2.45) is 0 Å². The van der Waals surface area contributed by atoms with Gasteiger partial charge in [-0.1, -0.05) is 40.7 Å². The highest BCUT2D eigenvalue weighted by atomic mass is 16.1. The molecule has 2 N–H and O–H groups in total. The number of aromatic nitrogens is 2. The van der Waals surface area contributed by atoms with Crippen LogP contribution in [-0.2, 0) is 10.2 Å². The largest absolute Gasteiger partial charge is 0.361 e. The Morgan fingerprint density at radius 2 is 1.88 bits per heavy atom. The van der Waals surface area contributed by atoms with Crippen molar-refractivity contribution in [2.75, 3.05) is 5.32 Å². The van der Waals surface area contributed by atoms with Crippen LogP contribution in [0.2, 0.25) is 0 Å². The maximum atomic E-state index is 12.1. The van der Waals surface area contributed by atoms with Crippen LogP contribution in [0.25, 0.3) is 17.0 Å². The number of H-pyrrole nitrogens is 1. The summed E-state index contributed by atoms with van der Waals surface area (Å²) in [7, 11) is 0. The monoisotopic (exact) mass is 349 g/mol. The first-order chi connectivity index (χ1) is 12.4. The Labute approximate surface area is 155 Å². The molecule has 0 fully saturated rings. The molecule has 0 spiro atoms. The van der Waals surface area contributed by atoms with Gasteiger partial charge in [-0.15, -0.1) is 0 Å². The van der Waals surface area contributed by atoms with Crippen LogP contribution in [-0.4, -0.2) is 15.9 Å². The summed E-state index contributed by atoms with van der Waals surface area (Å²) in [6.45, 7) is 10.4. The highest BCUT2D eigenvalue weighted by Crippen LogP contribution is 2.20. The molecule has 0 radical (unpaired) electrons. The number of aromatic amines is 1. The molecule has 1 aromatic carbocycles. The van der Waals surface area contributed by atoms with Gasteiger partial charge in [0.1, 0.15) is 0 Å². The standard InChI is InChI=1S/C20H21N3O.C2H6/c1-20(2,3)18-8-4-14(13-22-18)5-9-19(24)23-16-6-7-17-15(12-16)10-11-21-17;1-2/h4-13,21H,1-3H3,(H,23,24);1-2H3/b9-5+;. The Bertz CT molecular complexity index is 884. The molecule has 3 aromatic rings. The lowest BCUT2D eigenvalue weighted by atomic mass is 9.91. The lowest BCUT2D eigenvalue weighted by Crippen LogP contribution is -2.13. The second-order valence-corrected chi connectivity index (χ2v) is 6.83. The zero-order valence-electron chi connectivity index (χ0n) is 16.1. The van der Waals surface area contributed by atoms with Crippen molar-refractivity contribution in [2.45, 2.75) is 40.0 Å². The van der Waals surface area contributed by atoms with Gasteiger partial charge in [0.15, 0.2) is 0 Å². The van der Waals surface area contributed by atoms with E-state index in [2.05, 4.69) is 36.1 Å². The molecule has 0 atom stereocenters. The van der Waals surface area contributed by atoms with E-state index < -0.39 is 0 Å². The van der Waals surface area contributed by atoms with Crippen molar-refractivity contribution in [1.82, 2.24) is 9.97 Å². The summed E-state index contributed by atoms with van der Waals surface area (Å²) in [5.41, 5.74) is 3.78. The number of rotatable bonds is 3. The van der Waals surface area contributed by atoms with Crippen LogP contribution < -0.4 is 5.32 Å². The number of anilines is 1. The molecule has 0 aliphatic rings. The predicted octanol–water partition coefficient (Wildman–Crippen LogP) is 5.54. The molecule has 0 saturated carbocycles. The molecule has 0 saturated heterocycles. The number of pyridine rings is 1. The van der Waals surface area contributed by atoms with Crippen molar-refractivity contribution in [3.05, 3.63) is 66.1 Å². The molecular weight excluding hydrogens is 322 g/mol. The molecule has 3 rings (SSSR count). The van der Waals surface area contributed by atoms with Gasteiger partial charge in [-0.25, -0.2) is 0 Å². The van der Waals surface area contributed by atoms with Crippen LogP contribution in [0.5, 0.6) is 0 Å². The van der Waals surface area contributed by atoms with E-state index in [1.807, 2.05) is 56.4 Å². The SMILES string of the molecule is CC.CC(C)(C)c1ccc(/C=C/C(=O)Nc2ccc3[nH]ccc3c2)cn1. The average Bonchev–Trinajstić information content (AvgIpc) is 3.09. The van der Waals surface area contributed by atoms with Crippen molar-refractivity contribution in [1.29, 1.82) is 0 Å². The molecule has 2 heterocycles. The van der Waals surface area contributed by atoms with Crippen molar-refractivity contribution >= 4 is 28.6 Å². The minimum absolute atomic E-state index is 0.0243. The van der Waals surface area contributed by atoms with Gasteiger partial charge < -0.3 is 10.3 Å². The summed E-state index contributed by atoms with van der Waals surface area (Å²) in [5.74, 6) is -0.162. The molecule has 0 unspecified atom stereocenters. The number of nitrogens with zero attached hydrogens (tertiary/aromatic N) is 1. The summed E-state index contributed by atoms with van der Waals surface area (Å²) in [5, 5.41) is 3.94. The number of carbonyl (C=O) groups is 1. The van der Waals surface area contributed by atoms with Gasteiger partial charge in [-0.05, 0) is 42.0 Å². The molecular formula is C22H27N3O. The number of amides is 1. The molecule has 4 heteroatoms. The Morgan fingerprint density at radius 1 is 1.12 bits per heavy atom. The van der Waals surface area contributed by atoms with Crippen molar-refractivity contribution in [3.63, 3.8) is 0 Å². The molecule has 4 nitrogen and oxygen atoms in total. The Balaban J connectivity index is 0.00000117. The van der Waals surface area contributed by atoms with Gasteiger partial charge in [0.2, 0.25) is 5.91 Å². The summed E-state index contributed by atoms with van der Waals surface area (Å²) < 4.78 is 0. The van der Waals surface area contributed by atoms with Gasteiger partial charge in [-0.2, -0.15) is 0 Å². The second-order valence-electron chi connectivity index (χ2n) is 6.83. The smallest absolute Gasteiger partial charge is 0.248 e. The fourth-order valence-corrected chi connectivity index (χ4v) is 2.43. The fourth-order valence-electron chi connectivity index (χ4n) is 2.43. The lowest BCUT2D eigenvalue weighted by Gasteiger charge is -2.17. The van der Waals surface area contributed by atoms with Crippen molar-refractivity contribution in [3.8, 4) is 0 Å². The highest BCUT2D eigenvalue weighted by Gasteiger charge is 2.14. The van der Waals surface area contributed by atoms with E-state index in [0.29, 0.717) is 0 Å². The molecule has 0 bridgehead atoms. The van der Waals surface area contributed by atoms with Gasteiger partial charge >= 0.3 is 0 Å². The summed E-state index contributed by atoms with van der Waals surface area (Å²) in [6.07, 6.45) is 6.96. The number of hydrogen-bond donors (Lipinski definition) is 2. The normalized spacial score (nSPS) is 11.3. The van der Waals surface area contributed by atoms with Crippen LogP contribution in [0, 0.1) is 0 Å². The Hall–Kier alpha value is -2.88. The fraction of sp³-hybridized carbons (Fsp3) is 0.273. The van der Waals surface area contributed by atoms with E-state index in [1.165, 1.54) is 6.08 Å². The lowest BCUT2D eigenvalue weighted by molar-refractivity contribution is -0.111. The molecule has 2 aromatic heterocycles. The second kappa shape index (κ2) is 8.48. The van der Waals surface area contributed by atoms with Crippen LogP contribution in [0.15, 0.2) is 54.9 Å². The number of carbonyl (C=O) groups excluding carboxylic acids is 1.